The first-order valence-electron chi connectivity index (χ1n) is 10.9. The molecule has 2 aromatic rings. The van der Waals surface area contributed by atoms with Gasteiger partial charge in [0.05, 0.1) is 18.4 Å². The number of nitrogens with one attached hydrogen (secondary N) is 2. The van der Waals surface area contributed by atoms with Crippen molar-refractivity contribution in [3.05, 3.63) is 63.9 Å². The molecule has 4 atom stereocenters. The number of aryl methyl sites for hydroxylation is 1. The minimum atomic E-state index is -1.51. The Kier molecular flexibility index (Phi) is 5.22. The second kappa shape index (κ2) is 7.89. The first kappa shape index (κ1) is 22.5. The molecule has 3 aliphatic rings. The summed E-state index contributed by atoms with van der Waals surface area (Å²) < 4.78 is 13.3. The molecule has 34 heavy (non-hydrogen) atoms. The maximum absolute atomic E-state index is 13.7. The van der Waals surface area contributed by atoms with E-state index in [1.54, 1.807) is 19.1 Å². The van der Waals surface area contributed by atoms with E-state index in [9.17, 15) is 23.6 Å². The van der Waals surface area contributed by atoms with Gasteiger partial charge in [0, 0.05) is 28.7 Å². The Bertz CT molecular complexity index is 1250. The summed E-state index contributed by atoms with van der Waals surface area (Å²) in [5, 5.41) is 6.49. The molecule has 0 aliphatic carbocycles. The van der Waals surface area contributed by atoms with Crippen molar-refractivity contribution in [2.45, 2.75) is 37.9 Å². The summed E-state index contributed by atoms with van der Waals surface area (Å²) in [6, 6.07) is 8.22. The second-order valence-corrected chi connectivity index (χ2v) is 9.49. The number of nitrogens with two attached hydrogens (primary N) is 1. The Morgan fingerprint density at radius 1 is 1.18 bits per heavy atom. The van der Waals surface area contributed by atoms with Crippen molar-refractivity contribution in [1.29, 1.82) is 0 Å². The molecule has 5 rings (SSSR count). The predicted octanol–water partition coefficient (Wildman–Crippen LogP) is 1.97. The molecule has 3 aliphatic heterocycles. The zero-order valence-electron chi connectivity index (χ0n) is 18.2. The molecule has 3 heterocycles. The van der Waals surface area contributed by atoms with Crippen molar-refractivity contribution in [2.75, 3.05) is 5.32 Å². The summed E-state index contributed by atoms with van der Waals surface area (Å²) in [6.07, 6.45) is 0.170. The second-order valence-electron chi connectivity index (χ2n) is 9.06. The molecule has 2 aromatic carbocycles. The van der Waals surface area contributed by atoms with Crippen LogP contribution in [0.5, 0.6) is 0 Å². The molecule has 1 spiro atoms. The molecule has 10 heteroatoms. The average Bonchev–Trinajstić information content (AvgIpc) is 3.35. The predicted molar refractivity (Wildman–Crippen MR) is 121 cm³/mol. The standard InChI is InChI=1S/C24H22ClFN4O4/c1-11-8-13(25)9-15-20(11)28-23(34)24(15)19-18(16(29-24)6-7-17(27)31)21(32)30(22(19)33)10-12-2-4-14(26)5-3-12/h2-5,8-9,16,18-19,29H,6-7,10H2,1H3,(H2,27,31)(H,28,34). The maximum Gasteiger partial charge on any atom is 0.250 e. The van der Waals surface area contributed by atoms with Gasteiger partial charge in [-0.05, 0) is 48.7 Å². The van der Waals surface area contributed by atoms with E-state index in [0.717, 1.165) is 10.5 Å². The van der Waals surface area contributed by atoms with Crippen LogP contribution in [0.3, 0.4) is 0 Å². The van der Waals surface area contributed by atoms with E-state index in [1.165, 1.54) is 24.3 Å². The van der Waals surface area contributed by atoms with E-state index >= 15 is 0 Å². The Balaban J connectivity index is 1.60. The van der Waals surface area contributed by atoms with Crippen molar-refractivity contribution >= 4 is 40.9 Å². The number of benzene rings is 2. The van der Waals surface area contributed by atoms with Crippen molar-refractivity contribution in [2.24, 2.45) is 17.6 Å². The molecular weight excluding hydrogens is 463 g/mol. The van der Waals surface area contributed by atoms with Crippen molar-refractivity contribution < 1.29 is 23.6 Å². The van der Waals surface area contributed by atoms with E-state index in [0.29, 0.717) is 21.8 Å². The molecular formula is C24H22ClFN4O4. The number of anilines is 1. The van der Waals surface area contributed by atoms with Gasteiger partial charge in [0.15, 0.2) is 0 Å². The van der Waals surface area contributed by atoms with Crippen LogP contribution in [0.25, 0.3) is 0 Å². The first-order valence-corrected chi connectivity index (χ1v) is 11.3. The number of carbonyl (C=O) groups is 4. The lowest BCUT2D eigenvalue weighted by Gasteiger charge is -2.29. The summed E-state index contributed by atoms with van der Waals surface area (Å²) in [5.41, 5.74) is 6.19. The van der Waals surface area contributed by atoms with Gasteiger partial charge in [0.1, 0.15) is 11.4 Å². The van der Waals surface area contributed by atoms with Gasteiger partial charge in [-0.25, -0.2) is 4.39 Å². The summed E-state index contributed by atoms with van der Waals surface area (Å²) in [4.78, 5) is 53.3. The van der Waals surface area contributed by atoms with Crippen molar-refractivity contribution in [3.8, 4) is 0 Å². The highest BCUT2D eigenvalue weighted by Crippen LogP contribution is 2.54. The number of amides is 4. The number of halogens is 2. The Hall–Kier alpha value is -3.30. The molecule has 0 saturated carbocycles. The van der Waals surface area contributed by atoms with Crippen LogP contribution < -0.4 is 16.4 Å². The average molecular weight is 485 g/mol. The van der Waals surface area contributed by atoms with E-state index in [1.807, 2.05) is 0 Å². The zero-order chi connectivity index (χ0) is 24.4. The molecule has 4 amide bonds. The number of fused-ring (bicyclic) bond motifs is 4. The number of imide groups is 1. The van der Waals surface area contributed by atoms with Crippen LogP contribution in [0.4, 0.5) is 10.1 Å². The number of carbonyl (C=O) groups excluding carboxylic acids is 4. The highest BCUT2D eigenvalue weighted by molar-refractivity contribution is 6.31. The van der Waals surface area contributed by atoms with Crippen LogP contribution in [0.1, 0.15) is 29.5 Å². The monoisotopic (exact) mass is 484 g/mol. The molecule has 0 aromatic heterocycles. The van der Waals surface area contributed by atoms with Gasteiger partial charge < -0.3 is 11.1 Å². The number of hydrogen-bond donors (Lipinski definition) is 3. The normalized spacial score (nSPS) is 27.3. The molecule has 4 N–H and O–H groups in total. The van der Waals surface area contributed by atoms with Crippen LogP contribution >= 0.6 is 11.6 Å². The van der Waals surface area contributed by atoms with Gasteiger partial charge in [-0.1, -0.05) is 23.7 Å². The van der Waals surface area contributed by atoms with E-state index in [4.69, 9.17) is 17.3 Å². The minimum absolute atomic E-state index is 0.0144. The largest absolute Gasteiger partial charge is 0.370 e. The Morgan fingerprint density at radius 3 is 2.56 bits per heavy atom. The smallest absolute Gasteiger partial charge is 0.250 e. The van der Waals surface area contributed by atoms with E-state index in [2.05, 4.69) is 10.6 Å². The summed E-state index contributed by atoms with van der Waals surface area (Å²) in [7, 11) is 0. The van der Waals surface area contributed by atoms with Crippen molar-refractivity contribution in [3.63, 3.8) is 0 Å². The van der Waals surface area contributed by atoms with Gasteiger partial charge in [-0.3, -0.25) is 29.4 Å². The highest BCUT2D eigenvalue weighted by Gasteiger charge is 2.70. The topological polar surface area (TPSA) is 122 Å². The fourth-order valence-electron chi connectivity index (χ4n) is 5.57. The molecule has 2 saturated heterocycles. The zero-order valence-corrected chi connectivity index (χ0v) is 19.0. The number of primary amides is 1. The van der Waals surface area contributed by atoms with Gasteiger partial charge in [-0.15, -0.1) is 0 Å². The molecule has 176 valence electrons. The van der Waals surface area contributed by atoms with E-state index in [-0.39, 0.29) is 19.4 Å². The molecule has 4 unspecified atom stereocenters. The van der Waals surface area contributed by atoms with Crippen LogP contribution in [-0.2, 0) is 31.3 Å². The minimum Gasteiger partial charge on any atom is -0.370 e. The van der Waals surface area contributed by atoms with Crippen LogP contribution in [0, 0.1) is 24.6 Å². The van der Waals surface area contributed by atoms with Gasteiger partial charge in [0.2, 0.25) is 23.6 Å². The third-order valence-electron chi connectivity index (χ3n) is 7.03. The maximum atomic E-state index is 13.7. The van der Waals surface area contributed by atoms with Gasteiger partial charge in [-0.2, -0.15) is 0 Å². The fourth-order valence-corrected chi connectivity index (χ4v) is 5.84. The Morgan fingerprint density at radius 2 is 1.88 bits per heavy atom. The third-order valence-corrected chi connectivity index (χ3v) is 7.25. The van der Waals surface area contributed by atoms with Gasteiger partial charge >= 0.3 is 0 Å². The fraction of sp³-hybridized carbons (Fsp3) is 0.333. The Labute approximate surface area is 199 Å². The van der Waals surface area contributed by atoms with Crippen LogP contribution in [0.2, 0.25) is 5.02 Å². The molecule has 2 fully saturated rings. The lowest BCUT2D eigenvalue weighted by molar-refractivity contribution is -0.143. The first-order chi connectivity index (χ1) is 16.1. The number of likely N-dealkylation sites (tertiary alicyclic amines) is 1. The number of hydrogen-bond acceptors (Lipinski definition) is 5. The SMILES string of the molecule is Cc1cc(Cl)cc2c1NC(=O)C21NC(CCC(N)=O)C2C(=O)N(Cc3ccc(F)cc3)C(=O)C21. The lowest BCUT2D eigenvalue weighted by atomic mass is 9.76. The highest BCUT2D eigenvalue weighted by atomic mass is 35.5. The molecule has 0 radical (unpaired) electrons. The van der Waals surface area contributed by atoms with Crippen LogP contribution in [-0.4, -0.2) is 34.6 Å². The summed E-state index contributed by atoms with van der Waals surface area (Å²) in [6.45, 7) is 1.75. The molecule has 0 bridgehead atoms. The number of rotatable bonds is 5. The van der Waals surface area contributed by atoms with Crippen LogP contribution in [0.15, 0.2) is 36.4 Å². The van der Waals surface area contributed by atoms with E-state index < -0.39 is 52.9 Å². The van der Waals surface area contributed by atoms with Gasteiger partial charge in [0.25, 0.3) is 0 Å². The molecule has 8 nitrogen and oxygen atoms in total. The third kappa shape index (κ3) is 3.22. The number of nitrogens with zero attached hydrogens (tertiary/aromatic N) is 1. The van der Waals surface area contributed by atoms with Crippen molar-refractivity contribution in [1.82, 2.24) is 10.2 Å². The summed E-state index contributed by atoms with van der Waals surface area (Å²) in [5.74, 6) is -4.28. The lowest BCUT2D eigenvalue weighted by Crippen LogP contribution is -2.53. The summed E-state index contributed by atoms with van der Waals surface area (Å²) >= 11 is 6.31. The quantitative estimate of drug-likeness (QED) is 0.560.